The number of nitrogens with zero attached hydrogens (tertiary/aromatic N) is 1. The van der Waals surface area contributed by atoms with Gasteiger partial charge in [0.05, 0.1) is 20.1 Å². The molecular weight excluding hydrogens is 404 g/mol. The van der Waals surface area contributed by atoms with Crippen molar-refractivity contribution in [1.82, 2.24) is 4.90 Å². The molecule has 0 bridgehead atoms. The number of fused-ring (bicyclic) bond motifs is 2. The highest BCUT2D eigenvalue weighted by Gasteiger charge is 2.77. The Labute approximate surface area is 178 Å². The van der Waals surface area contributed by atoms with E-state index in [2.05, 4.69) is 5.32 Å². The van der Waals surface area contributed by atoms with Crippen molar-refractivity contribution in [2.24, 2.45) is 5.92 Å². The molecule has 0 aromatic heterocycles. The van der Waals surface area contributed by atoms with Crippen LogP contribution in [0.4, 0.5) is 5.69 Å². The maximum Gasteiger partial charge on any atom is 0.326 e. The zero-order valence-electron chi connectivity index (χ0n) is 16.9. The number of rotatable bonds is 4. The molecule has 2 aromatic rings. The number of methoxy groups -OCH3 is 2. The Kier molecular flexibility index (Phi) is 5.07. The van der Waals surface area contributed by atoms with Crippen LogP contribution in [0.25, 0.3) is 0 Å². The number of carbonyl (C=O) groups is 3. The molecule has 2 aromatic carbocycles. The lowest BCUT2D eigenvalue weighted by Crippen LogP contribution is -2.63. The fourth-order valence-electron chi connectivity index (χ4n) is 4.75. The number of likely N-dealkylation sites (N-methyl/N-ethyl adjacent to an activating group) is 1. The van der Waals surface area contributed by atoms with Gasteiger partial charge in [-0.15, -0.1) is 11.8 Å². The van der Waals surface area contributed by atoms with Gasteiger partial charge in [-0.05, 0) is 25.2 Å². The Morgan fingerprint density at radius 1 is 1.07 bits per heavy atom. The second-order valence-corrected chi connectivity index (χ2v) is 8.63. The summed E-state index contributed by atoms with van der Waals surface area (Å²) in [5.74, 6) is -2.51. The number of likely N-dealkylation sites (tertiary alicyclic amines) is 1. The first-order chi connectivity index (χ1) is 14.4. The van der Waals surface area contributed by atoms with Crippen molar-refractivity contribution in [1.29, 1.82) is 0 Å². The molecule has 0 aliphatic carbocycles. The minimum Gasteiger partial charge on any atom is -0.469 e. The second-order valence-electron chi connectivity index (χ2n) is 7.31. The zero-order chi connectivity index (χ0) is 21.5. The predicted molar refractivity (Wildman–Crippen MR) is 112 cm³/mol. The average Bonchev–Trinajstić information content (AvgIpc) is 3.22. The Bertz CT molecular complexity index is 1010. The van der Waals surface area contributed by atoms with E-state index >= 15 is 0 Å². The van der Waals surface area contributed by atoms with Gasteiger partial charge in [0.15, 0.2) is 10.3 Å². The van der Waals surface area contributed by atoms with Gasteiger partial charge in [-0.3, -0.25) is 19.3 Å². The minimum absolute atomic E-state index is 0.156. The SMILES string of the molecule is COC(=O)[C@H]1CN(C)C2(C(=O)Nc3ccccc32)[C@]1(Sc1ccccc1)C(=O)OC. The molecule has 156 valence electrons. The van der Waals surface area contributed by atoms with Crippen molar-refractivity contribution >= 4 is 35.3 Å². The molecule has 30 heavy (non-hydrogen) atoms. The fraction of sp³-hybridized carbons (Fsp3) is 0.318. The van der Waals surface area contributed by atoms with Crippen LogP contribution in [0.5, 0.6) is 0 Å². The molecule has 1 amide bonds. The van der Waals surface area contributed by atoms with Crippen LogP contribution in [0.2, 0.25) is 0 Å². The first-order valence-corrected chi connectivity index (χ1v) is 10.3. The third kappa shape index (κ3) is 2.53. The van der Waals surface area contributed by atoms with Crippen molar-refractivity contribution in [3.05, 3.63) is 60.2 Å². The number of thioether (sulfide) groups is 1. The Balaban J connectivity index is 2.06. The van der Waals surface area contributed by atoms with E-state index in [-0.39, 0.29) is 12.5 Å². The van der Waals surface area contributed by atoms with E-state index in [1.54, 1.807) is 18.0 Å². The summed E-state index contributed by atoms with van der Waals surface area (Å²) in [6, 6.07) is 16.5. The summed E-state index contributed by atoms with van der Waals surface area (Å²) >= 11 is 1.17. The van der Waals surface area contributed by atoms with E-state index in [4.69, 9.17) is 9.47 Å². The van der Waals surface area contributed by atoms with Crippen molar-refractivity contribution in [3.8, 4) is 0 Å². The molecule has 2 aliphatic heterocycles. The van der Waals surface area contributed by atoms with Crippen molar-refractivity contribution in [3.63, 3.8) is 0 Å². The van der Waals surface area contributed by atoms with E-state index in [1.807, 2.05) is 48.5 Å². The minimum atomic E-state index is -1.60. The van der Waals surface area contributed by atoms with E-state index < -0.39 is 28.1 Å². The third-order valence-electron chi connectivity index (χ3n) is 5.95. The molecule has 3 atom stereocenters. The third-order valence-corrected chi connectivity index (χ3v) is 7.52. The van der Waals surface area contributed by atoms with Crippen LogP contribution in [0.1, 0.15) is 5.56 Å². The molecule has 8 heteroatoms. The number of benzene rings is 2. The van der Waals surface area contributed by atoms with Gasteiger partial charge in [-0.2, -0.15) is 0 Å². The maximum atomic E-state index is 13.6. The van der Waals surface area contributed by atoms with Crippen LogP contribution in [-0.2, 0) is 29.4 Å². The molecule has 4 rings (SSSR count). The monoisotopic (exact) mass is 426 g/mol. The van der Waals surface area contributed by atoms with Gasteiger partial charge in [-0.25, -0.2) is 0 Å². The lowest BCUT2D eigenvalue weighted by atomic mass is 9.74. The first-order valence-electron chi connectivity index (χ1n) is 9.46. The summed E-state index contributed by atoms with van der Waals surface area (Å²) in [5.41, 5.74) is -0.199. The number of ether oxygens (including phenoxy) is 2. The molecule has 1 N–H and O–H groups in total. The van der Waals surface area contributed by atoms with Gasteiger partial charge in [0.1, 0.15) is 0 Å². The molecular formula is C22H22N2O5S. The number of para-hydroxylation sites is 1. The van der Waals surface area contributed by atoms with Gasteiger partial charge >= 0.3 is 11.9 Å². The highest BCUT2D eigenvalue weighted by atomic mass is 32.2. The lowest BCUT2D eigenvalue weighted by molar-refractivity contribution is -0.156. The highest BCUT2D eigenvalue weighted by Crippen LogP contribution is 2.62. The summed E-state index contributed by atoms with van der Waals surface area (Å²) in [6.45, 7) is 0.156. The largest absolute Gasteiger partial charge is 0.469 e. The van der Waals surface area contributed by atoms with Gasteiger partial charge in [0.2, 0.25) is 0 Å². The highest BCUT2D eigenvalue weighted by molar-refractivity contribution is 8.01. The zero-order valence-corrected chi connectivity index (χ0v) is 17.7. The molecule has 0 radical (unpaired) electrons. The number of esters is 2. The topological polar surface area (TPSA) is 84.9 Å². The molecule has 1 saturated heterocycles. The quantitative estimate of drug-likeness (QED) is 0.751. The number of carbonyl (C=O) groups excluding carboxylic acids is 3. The number of hydrogen-bond donors (Lipinski definition) is 1. The molecule has 7 nitrogen and oxygen atoms in total. The fourth-order valence-corrected chi connectivity index (χ4v) is 6.40. The van der Waals surface area contributed by atoms with Gasteiger partial charge in [0, 0.05) is 22.7 Å². The molecule has 2 aliphatic rings. The Morgan fingerprint density at radius 2 is 1.73 bits per heavy atom. The van der Waals surface area contributed by atoms with E-state index in [0.717, 1.165) is 4.90 Å². The van der Waals surface area contributed by atoms with Crippen LogP contribution >= 0.6 is 11.8 Å². The van der Waals surface area contributed by atoms with Crippen LogP contribution in [-0.4, -0.2) is 55.3 Å². The molecule has 0 saturated carbocycles. The number of anilines is 1. The van der Waals surface area contributed by atoms with Crippen LogP contribution in [0, 0.1) is 5.92 Å². The van der Waals surface area contributed by atoms with Gasteiger partial charge in [-0.1, -0.05) is 36.4 Å². The standard InChI is InChI=1S/C22H22N2O5S/c1-24-13-16(18(25)28-2)22(20(27)29-3,30-14-9-5-4-6-10-14)21(24)15-11-7-8-12-17(15)23-19(21)26/h4-12,16H,13H2,1-3H3,(H,23,26)/t16-,21?,22-/m1/s1. The summed E-state index contributed by atoms with van der Waals surface area (Å²) < 4.78 is 8.74. The van der Waals surface area contributed by atoms with Crippen molar-refractivity contribution < 1.29 is 23.9 Å². The summed E-state index contributed by atoms with van der Waals surface area (Å²) in [6.07, 6.45) is 0. The maximum absolute atomic E-state index is 13.6. The Morgan fingerprint density at radius 3 is 2.40 bits per heavy atom. The molecule has 1 spiro atoms. The molecule has 2 heterocycles. The predicted octanol–water partition coefficient (Wildman–Crippen LogP) is 2.27. The second kappa shape index (κ2) is 7.45. The summed E-state index contributed by atoms with van der Waals surface area (Å²) in [4.78, 5) is 42.6. The van der Waals surface area contributed by atoms with Crippen molar-refractivity contribution in [2.45, 2.75) is 15.2 Å². The van der Waals surface area contributed by atoms with Gasteiger partial charge in [0.25, 0.3) is 5.91 Å². The molecule has 1 fully saturated rings. The van der Waals surface area contributed by atoms with Crippen molar-refractivity contribution in [2.75, 3.05) is 33.1 Å². The normalized spacial score (nSPS) is 27.6. The van der Waals surface area contributed by atoms with Gasteiger partial charge < -0.3 is 14.8 Å². The van der Waals surface area contributed by atoms with Crippen LogP contribution < -0.4 is 5.32 Å². The number of amides is 1. The summed E-state index contributed by atoms with van der Waals surface area (Å²) in [5, 5.41) is 2.90. The number of nitrogens with one attached hydrogen (secondary N) is 1. The summed E-state index contributed by atoms with van der Waals surface area (Å²) in [7, 11) is 4.30. The molecule has 1 unspecified atom stereocenters. The average molecular weight is 426 g/mol. The van der Waals surface area contributed by atoms with Crippen LogP contribution in [0.15, 0.2) is 59.5 Å². The lowest BCUT2D eigenvalue weighted by Gasteiger charge is -2.43. The number of hydrogen-bond acceptors (Lipinski definition) is 7. The first kappa shape index (κ1) is 20.4. The Hall–Kier alpha value is -2.84. The van der Waals surface area contributed by atoms with E-state index in [9.17, 15) is 14.4 Å². The smallest absolute Gasteiger partial charge is 0.326 e. The van der Waals surface area contributed by atoms with E-state index in [1.165, 1.54) is 26.0 Å². The van der Waals surface area contributed by atoms with E-state index in [0.29, 0.717) is 11.3 Å². The van der Waals surface area contributed by atoms with Crippen LogP contribution in [0.3, 0.4) is 0 Å².